The molecule has 0 radical (unpaired) electrons. The van der Waals surface area contributed by atoms with Gasteiger partial charge in [0.2, 0.25) is 0 Å². The summed E-state index contributed by atoms with van der Waals surface area (Å²) in [5.41, 5.74) is 3.88. The lowest BCUT2D eigenvalue weighted by molar-refractivity contribution is 0.268. The van der Waals surface area contributed by atoms with Crippen molar-refractivity contribution in [2.45, 2.75) is 13.1 Å². The summed E-state index contributed by atoms with van der Waals surface area (Å²) in [6.45, 7) is 1.10. The zero-order valence-corrected chi connectivity index (χ0v) is 11.4. The van der Waals surface area contributed by atoms with Gasteiger partial charge in [0.05, 0.1) is 31.6 Å². The minimum absolute atomic E-state index is 0.0580. The van der Waals surface area contributed by atoms with E-state index < -0.39 is 0 Å². The molecule has 3 aromatic rings. The average Bonchev–Trinajstić information content (AvgIpc) is 3.18. The molecule has 1 aromatic carbocycles. The van der Waals surface area contributed by atoms with Crippen LogP contribution in [-0.4, -0.2) is 36.9 Å². The summed E-state index contributed by atoms with van der Waals surface area (Å²) in [7, 11) is 0. The minimum atomic E-state index is 0.0580. The molecule has 7 nitrogen and oxygen atoms in total. The number of H-pyrrole nitrogens is 1. The molecule has 7 heteroatoms. The first kappa shape index (κ1) is 13.3. The number of aromatic nitrogens is 5. The summed E-state index contributed by atoms with van der Waals surface area (Å²) in [4.78, 5) is 0. The number of benzene rings is 1. The molecule has 108 valence electrons. The van der Waals surface area contributed by atoms with E-state index in [2.05, 4.69) is 25.8 Å². The van der Waals surface area contributed by atoms with Crippen LogP contribution in [0.3, 0.4) is 0 Å². The Hall–Kier alpha value is -2.67. The Balaban J connectivity index is 1.66. The van der Waals surface area contributed by atoms with Gasteiger partial charge in [-0.1, -0.05) is 17.3 Å². The zero-order valence-electron chi connectivity index (χ0n) is 11.4. The largest absolute Gasteiger partial charge is 0.394 e. The van der Waals surface area contributed by atoms with E-state index >= 15 is 0 Å². The highest BCUT2D eigenvalue weighted by Crippen LogP contribution is 2.20. The van der Waals surface area contributed by atoms with Gasteiger partial charge in [0, 0.05) is 17.4 Å². The van der Waals surface area contributed by atoms with Gasteiger partial charge in [-0.25, -0.2) is 4.68 Å². The monoisotopic (exact) mass is 284 g/mol. The molecule has 3 N–H and O–H groups in total. The van der Waals surface area contributed by atoms with Gasteiger partial charge in [-0.15, -0.1) is 5.10 Å². The van der Waals surface area contributed by atoms with Crippen LogP contribution in [0.2, 0.25) is 0 Å². The lowest BCUT2D eigenvalue weighted by atomic mass is 10.1. The van der Waals surface area contributed by atoms with Crippen molar-refractivity contribution in [2.75, 3.05) is 11.9 Å². The summed E-state index contributed by atoms with van der Waals surface area (Å²) >= 11 is 0. The molecule has 21 heavy (non-hydrogen) atoms. The van der Waals surface area contributed by atoms with Crippen LogP contribution in [0.5, 0.6) is 0 Å². The highest BCUT2D eigenvalue weighted by Gasteiger charge is 2.02. The van der Waals surface area contributed by atoms with Crippen molar-refractivity contribution in [3.05, 3.63) is 48.4 Å². The summed E-state index contributed by atoms with van der Waals surface area (Å²) in [6, 6.07) is 9.99. The van der Waals surface area contributed by atoms with Crippen LogP contribution in [0.25, 0.3) is 11.3 Å². The predicted molar refractivity (Wildman–Crippen MR) is 78.5 cm³/mol. The molecule has 0 bridgehead atoms. The van der Waals surface area contributed by atoms with E-state index in [1.807, 2.05) is 36.5 Å². The molecule has 0 fully saturated rings. The lowest BCUT2D eigenvalue weighted by Crippen LogP contribution is -2.02. The van der Waals surface area contributed by atoms with Crippen molar-refractivity contribution in [2.24, 2.45) is 0 Å². The summed E-state index contributed by atoms with van der Waals surface area (Å²) in [6.07, 6.45) is 3.55. The Labute approximate surface area is 121 Å². The van der Waals surface area contributed by atoms with Crippen LogP contribution in [0.4, 0.5) is 5.69 Å². The molecule has 0 atom stereocenters. The fraction of sp³-hybridized carbons (Fsp3) is 0.214. The Bertz CT molecular complexity index is 691. The number of aliphatic hydroxyl groups excluding tert-OH is 1. The van der Waals surface area contributed by atoms with Gasteiger partial charge in [0.1, 0.15) is 5.69 Å². The van der Waals surface area contributed by atoms with Gasteiger partial charge < -0.3 is 10.4 Å². The molecule has 0 spiro atoms. The van der Waals surface area contributed by atoms with Crippen molar-refractivity contribution in [3.8, 4) is 11.3 Å². The second kappa shape index (κ2) is 6.19. The Kier molecular flexibility index (Phi) is 3.92. The van der Waals surface area contributed by atoms with E-state index in [-0.39, 0.29) is 6.61 Å². The van der Waals surface area contributed by atoms with Crippen molar-refractivity contribution in [1.82, 2.24) is 25.2 Å². The third kappa shape index (κ3) is 3.26. The first-order chi connectivity index (χ1) is 10.3. The fourth-order valence-electron chi connectivity index (χ4n) is 2.04. The van der Waals surface area contributed by atoms with Gasteiger partial charge in [0.15, 0.2) is 0 Å². The molecule has 0 aliphatic carbocycles. The molecule has 0 aliphatic heterocycles. The molecule has 0 aliphatic rings. The molecular weight excluding hydrogens is 268 g/mol. The quantitative estimate of drug-likeness (QED) is 0.634. The van der Waals surface area contributed by atoms with Gasteiger partial charge in [0.25, 0.3) is 0 Å². The second-order valence-corrected chi connectivity index (χ2v) is 4.60. The maximum absolute atomic E-state index is 8.85. The van der Waals surface area contributed by atoms with Crippen LogP contribution < -0.4 is 5.32 Å². The molecule has 3 rings (SSSR count). The van der Waals surface area contributed by atoms with Crippen LogP contribution in [-0.2, 0) is 13.1 Å². The van der Waals surface area contributed by atoms with Gasteiger partial charge >= 0.3 is 0 Å². The zero-order chi connectivity index (χ0) is 14.5. The summed E-state index contributed by atoms with van der Waals surface area (Å²) < 4.78 is 1.62. The van der Waals surface area contributed by atoms with Gasteiger partial charge in [-0.2, -0.15) is 5.10 Å². The molecule has 2 aromatic heterocycles. The maximum atomic E-state index is 8.85. The number of aliphatic hydroxyl groups is 1. The Morgan fingerprint density at radius 2 is 2.24 bits per heavy atom. The number of nitrogens with one attached hydrogen (secondary N) is 2. The number of nitrogens with zero attached hydrogens (tertiary/aromatic N) is 4. The smallest absolute Gasteiger partial charge is 0.102 e. The lowest BCUT2D eigenvalue weighted by Gasteiger charge is -2.06. The van der Waals surface area contributed by atoms with Crippen LogP contribution in [0, 0.1) is 0 Å². The predicted octanol–water partition coefficient (Wildman–Crippen LogP) is 1.27. The number of aromatic amines is 1. The standard InChI is InChI=1S/C14H16N6O/c21-7-6-20-10-13(17-19-20)9-15-12-3-1-2-11(8-12)14-4-5-16-18-14/h1-5,8,10,15,21H,6-7,9H2,(H,16,18). The second-order valence-electron chi connectivity index (χ2n) is 4.60. The van der Waals surface area contributed by atoms with E-state index in [1.165, 1.54) is 0 Å². The van der Waals surface area contributed by atoms with Crippen molar-refractivity contribution < 1.29 is 5.11 Å². The third-order valence-corrected chi connectivity index (χ3v) is 3.06. The Morgan fingerprint density at radius 3 is 3.05 bits per heavy atom. The van der Waals surface area contributed by atoms with Crippen molar-refractivity contribution in [3.63, 3.8) is 0 Å². The molecular formula is C14H16N6O. The van der Waals surface area contributed by atoms with Crippen LogP contribution in [0.1, 0.15) is 5.69 Å². The van der Waals surface area contributed by atoms with Gasteiger partial charge in [-0.3, -0.25) is 5.10 Å². The summed E-state index contributed by atoms with van der Waals surface area (Å²) in [5.74, 6) is 0. The first-order valence-corrected chi connectivity index (χ1v) is 6.69. The Morgan fingerprint density at radius 1 is 1.29 bits per heavy atom. The van der Waals surface area contributed by atoms with Crippen LogP contribution >= 0.6 is 0 Å². The average molecular weight is 284 g/mol. The number of rotatable bonds is 6. The SMILES string of the molecule is OCCn1cc(CNc2cccc(-c3ccn[nH]3)c2)nn1. The van der Waals surface area contributed by atoms with E-state index in [9.17, 15) is 0 Å². The highest BCUT2D eigenvalue weighted by molar-refractivity contribution is 5.64. The minimum Gasteiger partial charge on any atom is -0.394 e. The fourth-order valence-corrected chi connectivity index (χ4v) is 2.04. The van der Waals surface area contributed by atoms with Crippen LogP contribution in [0.15, 0.2) is 42.7 Å². The van der Waals surface area contributed by atoms with E-state index in [0.29, 0.717) is 13.1 Å². The molecule has 0 amide bonds. The number of anilines is 1. The van der Waals surface area contributed by atoms with Crippen molar-refractivity contribution in [1.29, 1.82) is 0 Å². The van der Waals surface area contributed by atoms with E-state index in [1.54, 1.807) is 10.9 Å². The molecule has 0 unspecified atom stereocenters. The third-order valence-electron chi connectivity index (χ3n) is 3.06. The van der Waals surface area contributed by atoms with E-state index in [0.717, 1.165) is 22.6 Å². The number of hydrogen-bond acceptors (Lipinski definition) is 5. The number of hydrogen-bond donors (Lipinski definition) is 3. The van der Waals surface area contributed by atoms with Crippen molar-refractivity contribution >= 4 is 5.69 Å². The first-order valence-electron chi connectivity index (χ1n) is 6.69. The summed E-state index contributed by atoms with van der Waals surface area (Å²) in [5, 5.41) is 27.0. The normalized spacial score (nSPS) is 10.7. The topological polar surface area (TPSA) is 91.7 Å². The highest BCUT2D eigenvalue weighted by atomic mass is 16.3. The van der Waals surface area contributed by atoms with E-state index in [4.69, 9.17) is 5.11 Å². The maximum Gasteiger partial charge on any atom is 0.102 e. The molecule has 2 heterocycles. The molecule has 0 saturated carbocycles. The van der Waals surface area contributed by atoms with Gasteiger partial charge in [-0.05, 0) is 18.2 Å². The molecule has 0 saturated heterocycles.